The van der Waals surface area contributed by atoms with Crippen molar-refractivity contribution in [2.45, 2.75) is 38.5 Å². The van der Waals surface area contributed by atoms with Gasteiger partial charge in [-0.3, -0.25) is 4.79 Å². The molecule has 4 rings (SSSR count). The first-order chi connectivity index (χ1) is 14.3. The van der Waals surface area contributed by atoms with Crippen LogP contribution in [-0.4, -0.2) is 48.4 Å². The van der Waals surface area contributed by atoms with Crippen LogP contribution in [0.15, 0.2) is 60.7 Å². The fraction of sp³-hybridized carbons (Fsp3) is 0.500. The molecule has 0 saturated carbocycles. The Morgan fingerprint density at radius 2 is 1.34 bits per heavy atom. The molecule has 3 nitrogen and oxygen atoms in total. The predicted octanol–water partition coefficient (Wildman–Crippen LogP) is 4.88. The van der Waals surface area contributed by atoms with E-state index in [1.807, 2.05) is 35.2 Å². The summed E-state index contributed by atoms with van der Waals surface area (Å²) in [7, 11) is 0. The minimum absolute atomic E-state index is 0.199. The Bertz CT molecular complexity index is 745. The van der Waals surface area contributed by atoms with Gasteiger partial charge in [0.05, 0.1) is 0 Å². The maximum atomic E-state index is 12.6. The minimum Gasteiger partial charge on any atom is -0.339 e. The maximum Gasteiger partial charge on any atom is 0.253 e. The molecule has 2 aromatic rings. The molecule has 3 heteroatoms. The average Bonchev–Trinajstić information content (AvgIpc) is 2.80. The average molecular weight is 391 g/mol. The third kappa shape index (κ3) is 5.70. The first-order valence-electron chi connectivity index (χ1n) is 11.4. The van der Waals surface area contributed by atoms with Crippen LogP contribution < -0.4 is 0 Å². The zero-order valence-electron chi connectivity index (χ0n) is 17.5. The van der Waals surface area contributed by atoms with E-state index in [9.17, 15) is 4.79 Å². The molecular formula is C26H34N2O. The van der Waals surface area contributed by atoms with Crippen LogP contribution in [0.1, 0.15) is 48.0 Å². The van der Waals surface area contributed by atoms with Gasteiger partial charge in [0.2, 0.25) is 0 Å². The number of amides is 1. The number of hydrogen-bond acceptors (Lipinski definition) is 2. The van der Waals surface area contributed by atoms with Crippen molar-refractivity contribution in [1.29, 1.82) is 0 Å². The molecule has 0 spiro atoms. The second-order valence-electron chi connectivity index (χ2n) is 8.87. The topological polar surface area (TPSA) is 23.6 Å². The Labute approximate surface area is 175 Å². The molecule has 2 fully saturated rings. The molecule has 2 aliphatic rings. The highest BCUT2D eigenvalue weighted by atomic mass is 16.2. The van der Waals surface area contributed by atoms with Crippen LogP contribution in [0.5, 0.6) is 0 Å². The molecular weight excluding hydrogens is 356 g/mol. The number of carbonyl (C=O) groups excluding carboxylic acids is 1. The van der Waals surface area contributed by atoms with E-state index in [0.29, 0.717) is 0 Å². The van der Waals surface area contributed by atoms with Crippen LogP contribution in [0.4, 0.5) is 0 Å². The molecule has 0 aromatic heterocycles. The summed E-state index contributed by atoms with van der Waals surface area (Å²) in [6, 6.07) is 20.7. The number of nitrogens with zero attached hydrogens (tertiary/aromatic N) is 2. The fourth-order valence-electron chi connectivity index (χ4n) is 4.91. The van der Waals surface area contributed by atoms with Crippen molar-refractivity contribution in [3.05, 3.63) is 71.8 Å². The molecule has 1 amide bonds. The van der Waals surface area contributed by atoms with E-state index >= 15 is 0 Å². The van der Waals surface area contributed by atoms with Crippen LogP contribution in [0.25, 0.3) is 0 Å². The molecule has 0 unspecified atom stereocenters. The number of benzene rings is 2. The lowest BCUT2D eigenvalue weighted by Gasteiger charge is -2.35. The lowest BCUT2D eigenvalue weighted by Crippen LogP contribution is -2.40. The predicted molar refractivity (Wildman–Crippen MR) is 119 cm³/mol. The smallest absolute Gasteiger partial charge is 0.253 e. The Hall–Kier alpha value is -2.13. The summed E-state index contributed by atoms with van der Waals surface area (Å²) in [5, 5.41) is 0. The largest absolute Gasteiger partial charge is 0.339 e. The van der Waals surface area contributed by atoms with Crippen LogP contribution in [-0.2, 0) is 6.42 Å². The Balaban J connectivity index is 1.14. The van der Waals surface area contributed by atoms with Crippen molar-refractivity contribution >= 4 is 5.91 Å². The molecule has 2 aromatic carbocycles. The van der Waals surface area contributed by atoms with Crippen molar-refractivity contribution in [1.82, 2.24) is 9.80 Å². The molecule has 2 aliphatic heterocycles. The van der Waals surface area contributed by atoms with Crippen molar-refractivity contribution < 1.29 is 4.79 Å². The maximum absolute atomic E-state index is 12.6. The normalized spacial score (nSPS) is 19.4. The van der Waals surface area contributed by atoms with Gasteiger partial charge in [0.1, 0.15) is 0 Å². The van der Waals surface area contributed by atoms with Gasteiger partial charge in [-0.1, -0.05) is 48.5 Å². The summed E-state index contributed by atoms with van der Waals surface area (Å²) in [5.74, 6) is 1.82. The van der Waals surface area contributed by atoms with E-state index in [1.54, 1.807) is 0 Å². The Morgan fingerprint density at radius 1 is 0.759 bits per heavy atom. The molecule has 0 atom stereocenters. The molecule has 154 valence electrons. The summed E-state index contributed by atoms with van der Waals surface area (Å²) < 4.78 is 0. The monoisotopic (exact) mass is 390 g/mol. The van der Waals surface area contributed by atoms with Gasteiger partial charge in [0.15, 0.2) is 0 Å². The summed E-state index contributed by atoms with van der Waals surface area (Å²) in [5.41, 5.74) is 2.31. The third-order valence-electron chi connectivity index (χ3n) is 6.85. The van der Waals surface area contributed by atoms with E-state index < -0.39 is 0 Å². The second-order valence-corrected chi connectivity index (χ2v) is 8.87. The van der Waals surface area contributed by atoms with Gasteiger partial charge in [-0.15, -0.1) is 0 Å². The highest BCUT2D eigenvalue weighted by Gasteiger charge is 2.25. The number of likely N-dealkylation sites (tertiary alicyclic amines) is 2. The summed E-state index contributed by atoms with van der Waals surface area (Å²) in [4.78, 5) is 17.3. The van der Waals surface area contributed by atoms with Gasteiger partial charge in [-0.05, 0) is 87.7 Å². The van der Waals surface area contributed by atoms with Gasteiger partial charge in [0.25, 0.3) is 5.91 Å². The van der Waals surface area contributed by atoms with Crippen molar-refractivity contribution in [3.8, 4) is 0 Å². The van der Waals surface area contributed by atoms with E-state index in [-0.39, 0.29) is 5.91 Å². The van der Waals surface area contributed by atoms with Gasteiger partial charge >= 0.3 is 0 Å². The first kappa shape index (κ1) is 20.2. The summed E-state index contributed by atoms with van der Waals surface area (Å²) >= 11 is 0. The van der Waals surface area contributed by atoms with Crippen LogP contribution in [0.2, 0.25) is 0 Å². The molecule has 0 radical (unpaired) electrons. The van der Waals surface area contributed by atoms with Gasteiger partial charge in [-0.25, -0.2) is 0 Å². The zero-order valence-corrected chi connectivity index (χ0v) is 17.5. The molecule has 29 heavy (non-hydrogen) atoms. The zero-order chi connectivity index (χ0) is 19.9. The number of piperidine rings is 2. The van der Waals surface area contributed by atoms with Crippen LogP contribution >= 0.6 is 0 Å². The van der Waals surface area contributed by atoms with E-state index in [1.165, 1.54) is 50.9 Å². The fourth-order valence-corrected chi connectivity index (χ4v) is 4.91. The molecule has 2 heterocycles. The first-order valence-corrected chi connectivity index (χ1v) is 11.4. The second kappa shape index (κ2) is 10.1. The van der Waals surface area contributed by atoms with Gasteiger partial charge < -0.3 is 9.80 Å². The summed E-state index contributed by atoms with van der Waals surface area (Å²) in [6.07, 6.45) is 7.50. The third-order valence-corrected chi connectivity index (χ3v) is 6.85. The summed E-state index contributed by atoms with van der Waals surface area (Å²) in [6.45, 7) is 5.57. The highest BCUT2D eigenvalue weighted by molar-refractivity contribution is 5.94. The van der Waals surface area contributed by atoms with Crippen molar-refractivity contribution in [3.63, 3.8) is 0 Å². The van der Waals surface area contributed by atoms with Crippen LogP contribution in [0.3, 0.4) is 0 Å². The quantitative estimate of drug-likeness (QED) is 0.701. The Morgan fingerprint density at radius 3 is 2.00 bits per heavy atom. The van der Waals surface area contributed by atoms with E-state index in [2.05, 4.69) is 35.2 Å². The van der Waals surface area contributed by atoms with Gasteiger partial charge in [0, 0.05) is 18.7 Å². The molecule has 0 aliphatic carbocycles. The number of rotatable bonds is 6. The number of carbonyl (C=O) groups is 1. The minimum atomic E-state index is 0.199. The lowest BCUT2D eigenvalue weighted by molar-refractivity contribution is 0.0677. The van der Waals surface area contributed by atoms with Gasteiger partial charge in [-0.2, -0.15) is 0 Å². The van der Waals surface area contributed by atoms with Crippen LogP contribution in [0, 0.1) is 11.8 Å². The standard InChI is InChI=1S/C26H34N2O/c29-26(25-9-5-2-6-10-25)28-19-14-22(15-20-28)11-16-27-17-12-24(13-18-27)21-23-7-3-1-4-8-23/h1-10,22,24H,11-21H2. The lowest BCUT2D eigenvalue weighted by atomic mass is 9.89. The molecule has 0 N–H and O–H groups in total. The number of hydrogen-bond donors (Lipinski definition) is 0. The SMILES string of the molecule is O=C(c1ccccc1)N1CCC(CCN2CCC(Cc3ccccc3)CC2)CC1. The van der Waals surface area contributed by atoms with Crippen molar-refractivity contribution in [2.75, 3.05) is 32.7 Å². The van der Waals surface area contributed by atoms with E-state index in [4.69, 9.17) is 0 Å². The highest BCUT2D eigenvalue weighted by Crippen LogP contribution is 2.25. The Kier molecular flexibility index (Phi) is 7.00. The molecule has 2 saturated heterocycles. The van der Waals surface area contributed by atoms with Crippen molar-refractivity contribution in [2.24, 2.45) is 11.8 Å². The molecule has 0 bridgehead atoms. The van der Waals surface area contributed by atoms with E-state index in [0.717, 1.165) is 43.3 Å².